The molecule has 1 N–H and O–H groups in total. The van der Waals surface area contributed by atoms with Crippen molar-refractivity contribution in [2.75, 3.05) is 6.54 Å². The zero-order valence-electron chi connectivity index (χ0n) is 11.9. The summed E-state index contributed by atoms with van der Waals surface area (Å²) in [7, 11) is 0. The second-order valence-electron chi connectivity index (χ2n) is 5.61. The topological polar surface area (TPSA) is 70.2 Å². The van der Waals surface area contributed by atoms with Gasteiger partial charge in [-0.25, -0.2) is 4.98 Å². The second-order valence-corrected chi connectivity index (χ2v) is 5.61. The maximum atomic E-state index is 12.2. The largest absolute Gasteiger partial charge is 0.354 e. The van der Waals surface area contributed by atoms with E-state index in [-0.39, 0.29) is 5.91 Å². The average molecular weight is 282 g/mol. The highest BCUT2D eigenvalue weighted by atomic mass is 16.2. The number of pyridine rings is 1. The molecular formula is C16H18N4O. The average Bonchev–Trinajstić information content (AvgIpc) is 3.14. The van der Waals surface area contributed by atoms with Crippen LogP contribution in [-0.2, 0) is 11.2 Å². The van der Waals surface area contributed by atoms with Crippen molar-refractivity contribution in [3.05, 3.63) is 36.3 Å². The Balaban J connectivity index is 1.58. The SMILES string of the molecule is N#CC1(C(=O)NCCc2cn3ccccc3n2)CCCC1. The Bertz CT molecular complexity index is 659. The highest BCUT2D eigenvalue weighted by molar-refractivity contribution is 5.85. The Hall–Kier alpha value is -2.35. The predicted octanol–water partition coefficient (Wildman–Crippen LogP) is 2.08. The van der Waals surface area contributed by atoms with Crippen molar-refractivity contribution in [2.45, 2.75) is 32.1 Å². The number of nitrogens with one attached hydrogen (secondary N) is 1. The standard InChI is InChI=1S/C16H18N4O/c17-12-16(7-2-3-8-16)15(21)18-9-6-13-11-20-10-4-1-5-14(20)19-13/h1,4-5,10-11H,2-3,6-9H2,(H,18,21). The molecule has 2 aromatic rings. The summed E-state index contributed by atoms with van der Waals surface area (Å²) in [5.41, 5.74) is 1.06. The van der Waals surface area contributed by atoms with Crippen LogP contribution in [0.25, 0.3) is 5.65 Å². The van der Waals surface area contributed by atoms with Crippen LogP contribution >= 0.6 is 0 Å². The van der Waals surface area contributed by atoms with Gasteiger partial charge in [0, 0.05) is 25.4 Å². The smallest absolute Gasteiger partial charge is 0.240 e. The molecule has 2 aromatic heterocycles. The first-order chi connectivity index (χ1) is 10.2. The van der Waals surface area contributed by atoms with Crippen LogP contribution in [0.5, 0.6) is 0 Å². The Labute approximate surface area is 123 Å². The van der Waals surface area contributed by atoms with Crippen LogP contribution in [0.1, 0.15) is 31.4 Å². The molecule has 0 spiro atoms. The number of hydrogen-bond donors (Lipinski definition) is 1. The summed E-state index contributed by atoms with van der Waals surface area (Å²) < 4.78 is 1.96. The van der Waals surface area contributed by atoms with Crippen LogP contribution in [0.2, 0.25) is 0 Å². The predicted molar refractivity (Wildman–Crippen MR) is 78.4 cm³/mol. The Morgan fingerprint density at radius 3 is 2.95 bits per heavy atom. The lowest BCUT2D eigenvalue weighted by molar-refractivity contribution is -0.127. The number of carbonyl (C=O) groups is 1. The van der Waals surface area contributed by atoms with E-state index in [9.17, 15) is 10.1 Å². The molecule has 3 rings (SSSR count). The van der Waals surface area contributed by atoms with E-state index in [1.54, 1.807) is 0 Å². The monoisotopic (exact) mass is 282 g/mol. The molecule has 2 heterocycles. The van der Waals surface area contributed by atoms with Crippen LogP contribution in [-0.4, -0.2) is 21.8 Å². The molecule has 1 amide bonds. The van der Waals surface area contributed by atoms with Crippen molar-refractivity contribution in [1.29, 1.82) is 5.26 Å². The van der Waals surface area contributed by atoms with Gasteiger partial charge >= 0.3 is 0 Å². The lowest BCUT2D eigenvalue weighted by atomic mass is 9.87. The maximum absolute atomic E-state index is 12.2. The van der Waals surface area contributed by atoms with Gasteiger partial charge in [-0.3, -0.25) is 4.79 Å². The van der Waals surface area contributed by atoms with E-state index in [1.165, 1.54) is 0 Å². The number of nitriles is 1. The minimum atomic E-state index is -0.793. The number of carbonyl (C=O) groups excluding carboxylic acids is 1. The molecule has 0 atom stereocenters. The van der Waals surface area contributed by atoms with Crippen molar-refractivity contribution < 1.29 is 4.79 Å². The Morgan fingerprint density at radius 2 is 2.24 bits per heavy atom. The molecule has 1 fully saturated rings. The molecule has 0 bridgehead atoms. The van der Waals surface area contributed by atoms with Crippen LogP contribution in [0.3, 0.4) is 0 Å². The molecule has 0 radical (unpaired) electrons. The van der Waals surface area contributed by atoms with Crippen LogP contribution in [0.15, 0.2) is 30.6 Å². The van der Waals surface area contributed by atoms with Crippen molar-refractivity contribution in [1.82, 2.24) is 14.7 Å². The number of hydrogen-bond acceptors (Lipinski definition) is 3. The molecule has 0 unspecified atom stereocenters. The van der Waals surface area contributed by atoms with Crippen molar-refractivity contribution >= 4 is 11.6 Å². The third-order valence-corrected chi connectivity index (χ3v) is 4.19. The van der Waals surface area contributed by atoms with Gasteiger partial charge in [-0.05, 0) is 25.0 Å². The fraction of sp³-hybridized carbons (Fsp3) is 0.438. The summed E-state index contributed by atoms with van der Waals surface area (Å²) in [6, 6.07) is 8.07. The van der Waals surface area contributed by atoms with E-state index < -0.39 is 5.41 Å². The lowest BCUT2D eigenvalue weighted by Gasteiger charge is -2.18. The van der Waals surface area contributed by atoms with Gasteiger partial charge in [-0.2, -0.15) is 5.26 Å². The third kappa shape index (κ3) is 2.62. The van der Waals surface area contributed by atoms with Gasteiger partial charge in [0.25, 0.3) is 0 Å². The highest BCUT2D eigenvalue weighted by Gasteiger charge is 2.41. The van der Waals surface area contributed by atoms with Crippen molar-refractivity contribution in [2.24, 2.45) is 5.41 Å². The maximum Gasteiger partial charge on any atom is 0.240 e. The van der Waals surface area contributed by atoms with E-state index in [1.807, 2.05) is 35.0 Å². The van der Waals surface area contributed by atoms with Gasteiger partial charge in [0.15, 0.2) is 0 Å². The molecule has 5 heteroatoms. The summed E-state index contributed by atoms with van der Waals surface area (Å²) in [6.45, 7) is 0.520. The summed E-state index contributed by atoms with van der Waals surface area (Å²) in [6.07, 6.45) is 7.90. The first-order valence-electron chi connectivity index (χ1n) is 7.36. The zero-order chi connectivity index (χ0) is 14.7. The van der Waals surface area contributed by atoms with Crippen LogP contribution < -0.4 is 5.32 Å². The van der Waals surface area contributed by atoms with Gasteiger partial charge in [0.1, 0.15) is 11.1 Å². The molecular weight excluding hydrogens is 264 g/mol. The normalized spacial score (nSPS) is 16.7. The van der Waals surface area contributed by atoms with Crippen LogP contribution in [0, 0.1) is 16.7 Å². The van der Waals surface area contributed by atoms with Gasteiger partial charge < -0.3 is 9.72 Å². The number of amides is 1. The minimum absolute atomic E-state index is 0.119. The number of nitrogens with zero attached hydrogens (tertiary/aromatic N) is 3. The fourth-order valence-corrected chi connectivity index (χ4v) is 2.95. The van der Waals surface area contributed by atoms with E-state index in [4.69, 9.17) is 0 Å². The fourth-order valence-electron chi connectivity index (χ4n) is 2.95. The van der Waals surface area contributed by atoms with Gasteiger partial charge in [0.2, 0.25) is 5.91 Å². The first kappa shape index (κ1) is 13.6. The summed E-state index contributed by atoms with van der Waals surface area (Å²) in [4.78, 5) is 16.7. The molecule has 0 saturated heterocycles. The van der Waals surface area contributed by atoms with Gasteiger partial charge in [0.05, 0.1) is 11.8 Å². The highest BCUT2D eigenvalue weighted by Crippen LogP contribution is 2.37. The summed E-state index contributed by atoms with van der Waals surface area (Å²) in [5.74, 6) is -0.119. The Morgan fingerprint density at radius 1 is 1.43 bits per heavy atom. The lowest BCUT2D eigenvalue weighted by Crippen LogP contribution is -2.39. The van der Waals surface area contributed by atoms with E-state index in [0.29, 0.717) is 25.8 Å². The molecule has 21 heavy (non-hydrogen) atoms. The molecule has 0 aromatic carbocycles. The number of fused-ring (bicyclic) bond motifs is 1. The number of aromatic nitrogens is 2. The molecule has 1 saturated carbocycles. The third-order valence-electron chi connectivity index (χ3n) is 4.19. The second kappa shape index (κ2) is 5.57. The molecule has 5 nitrogen and oxygen atoms in total. The minimum Gasteiger partial charge on any atom is -0.354 e. The molecule has 108 valence electrons. The van der Waals surface area contributed by atoms with E-state index in [0.717, 1.165) is 24.2 Å². The van der Waals surface area contributed by atoms with Gasteiger partial charge in [-0.15, -0.1) is 0 Å². The van der Waals surface area contributed by atoms with Crippen molar-refractivity contribution in [3.63, 3.8) is 0 Å². The van der Waals surface area contributed by atoms with Crippen LogP contribution in [0.4, 0.5) is 0 Å². The summed E-state index contributed by atoms with van der Waals surface area (Å²) >= 11 is 0. The number of imidazole rings is 1. The molecule has 1 aliphatic carbocycles. The first-order valence-corrected chi connectivity index (χ1v) is 7.36. The zero-order valence-corrected chi connectivity index (χ0v) is 11.9. The van der Waals surface area contributed by atoms with E-state index in [2.05, 4.69) is 16.4 Å². The van der Waals surface area contributed by atoms with Gasteiger partial charge in [-0.1, -0.05) is 18.9 Å². The quantitative estimate of drug-likeness (QED) is 0.933. The van der Waals surface area contributed by atoms with E-state index >= 15 is 0 Å². The summed E-state index contributed by atoms with van der Waals surface area (Å²) in [5, 5.41) is 12.2. The molecule has 1 aliphatic rings. The Kier molecular flexibility index (Phi) is 3.61. The van der Waals surface area contributed by atoms with Crippen molar-refractivity contribution in [3.8, 4) is 6.07 Å². The number of rotatable bonds is 4. The molecule has 0 aliphatic heterocycles.